The van der Waals surface area contributed by atoms with Crippen molar-refractivity contribution in [3.8, 4) is 0 Å². The Morgan fingerprint density at radius 2 is 2.30 bits per heavy atom. The summed E-state index contributed by atoms with van der Waals surface area (Å²) in [6.45, 7) is 1.53. The number of carbonyl (C=O) groups is 1. The van der Waals surface area contributed by atoms with Gasteiger partial charge in [0, 0.05) is 13.1 Å². The lowest BCUT2D eigenvalue weighted by Gasteiger charge is -2.41. The summed E-state index contributed by atoms with van der Waals surface area (Å²) in [4.78, 5) is 14.4. The van der Waals surface area contributed by atoms with Crippen molar-refractivity contribution in [2.45, 2.75) is 25.2 Å². The number of fused-ring (bicyclic) bond motifs is 3. The van der Waals surface area contributed by atoms with Crippen molar-refractivity contribution in [1.82, 2.24) is 19.9 Å². The van der Waals surface area contributed by atoms with Crippen molar-refractivity contribution in [3.63, 3.8) is 0 Å². The Hall–Kier alpha value is -1.99. The van der Waals surface area contributed by atoms with Gasteiger partial charge in [-0.05, 0) is 24.6 Å². The van der Waals surface area contributed by atoms with Crippen LogP contribution in [0.4, 0.5) is 4.39 Å². The van der Waals surface area contributed by atoms with E-state index in [1.807, 2.05) is 4.68 Å². The van der Waals surface area contributed by atoms with Gasteiger partial charge in [-0.1, -0.05) is 16.8 Å². The molecule has 6 nitrogen and oxygen atoms in total. The molecule has 0 radical (unpaired) electrons. The van der Waals surface area contributed by atoms with Gasteiger partial charge >= 0.3 is 0 Å². The molecule has 1 fully saturated rings. The lowest BCUT2D eigenvalue weighted by molar-refractivity contribution is -0.0605. The van der Waals surface area contributed by atoms with Crippen LogP contribution in [0.15, 0.2) is 24.4 Å². The second-order valence-corrected chi connectivity index (χ2v) is 6.16. The zero-order valence-corrected chi connectivity index (χ0v) is 12.9. The van der Waals surface area contributed by atoms with Gasteiger partial charge in [-0.2, -0.15) is 0 Å². The normalized spacial score (nSPS) is 23.3. The molecule has 0 bridgehead atoms. The second-order valence-electron chi connectivity index (χ2n) is 5.75. The molecule has 2 aliphatic rings. The zero-order valence-electron chi connectivity index (χ0n) is 12.2. The molecule has 120 valence electrons. The third-order valence-electron chi connectivity index (χ3n) is 4.38. The highest BCUT2D eigenvalue weighted by Gasteiger charge is 2.38. The van der Waals surface area contributed by atoms with Crippen LogP contribution in [0.5, 0.6) is 0 Å². The highest BCUT2D eigenvalue weighted by atomic mass is 35.5. The first-order valence-electron chi connectivity index (χ1n) is 7.38. The SMILES string of the molecule is O=C(c1ccc(F)cc1Cl)N1CCC2OCc3cnnn3C2C1. The highest BCUT2D eigenvalue weighted by Crippen LogP contribution is 2.31. The van der Waals surface area contributed by atoms with E-state index in [2.05, 4.69) is 10.3 Å². The first-order chi connectivity index (χ1) is 11.1. The van der Waals surface area contributed by atoms with Gasteiger partial charge in [-0.15, -0.1) is 5.10 Å². The third kappa shape index (κ3) is 2.49. The Labute approximate surface area is 136 Å². The summed E-state index contributed by atoms with van der Waals surface area (Å²) in [6, 6.07) is 3.76. The fourth-order valence-electron chi connectivity index (χ4n) is 3.20. The van der Waals surface area contributed by atoms with Crippen LogP contribution in [0.1, 0.15) is 28.5 Å². The molecule has 0 N–H and O–H groups in total. The summed E-state index contributed by atoms with van der Waals surface area (Å²) >= 11 is 6.00. The molecule has 1 saturated heterocycles. The molecule has 0 saturated carbocycles. The largest absolute Gasteiger partial charge is 0.370 e. The number of hydrogen-bond acceptors (Lipinski definition) is 4. The number of piperidine rings is 1. The van der Waals surface area contributed by atoms with Crippen LogP contribution in [0.3, 0.4) is 0 Å². The van der Waals surface area contributed by atoms with E-state index < -0.39 is 5.82 Å². The molecule has 2 unspecified atom stereocenters. The summed E-state index contributed by atoms with van der Waals surface area (Å²) in [7, 11) is 0. The Kier molecular flexibility index (Phi) is 3.54. The summed E-state index contributed by atoms with van der Waals surface area (Å²) in [5.41, 5.74) is 1.21. The maximum atomic E-state index is 13.2. The number of aromatic nitrogens is 3. The van der Waals surface area contributed by atoms with Gasteiger partial charge in [0.05, 0.1) is 41.2 Å². The van der Waals surface area contributed by atoms with Gasteiger partial charge in [0.1, 0.15) is 5.82 Å². The van der Waals surface area contributed by atoms with Gasteiger partial charge in [-0.3, -0.25) is 4.79 Å². The number of hydrogen-bond donors (Lipinski definition) is 0. The van der Waals surface area contributed by atoms with Crippen molar-refractivity contribution in [2.75, 3.05) is 13.1 Å². The Bertz CT molecular complexity index is 766. The van der Waals surface area contributed by atoms with E-state index in [1.54, 1.807) is 11.1 Å². The summed E-state index contributed by atoms with van der Waals surface area (Å²) in [6.07, 6.45) is 2.42. The average Bonchev–Trinajstić information content (AvgIpc) is 3.03. The molecule has 0 aliphatic carbocycles. The Morgan fingerprint density at radius 3 is 3.13 bits per heavy atom. The standard InChI is InChI=1S/C15H14ClFN4O2/c16-12-5-9(17)1-2-11(12)15(22)20-4-3-14-13(7-20)21-10(8-23-14)6-18-19-21/h1-2,5-6,13-14H,3-4,7-8H2. The lowest BCUT2D eigenvalue weighted by atomic mass is 9.99. The van der Waals surface area contributed by atoms with Gasteiger partial charge in [0.15, 0.2) is 0 Å². The first kappa shape index (κ1) is 14.6. The molecule has 1 amide bonds. The molecule has 1 aromatic carbocycles. The highest BCUT2D eigenvalue weighted by molar-refractivity contribution is 6.33. The van der Waals surface area contributed by atoms with Crippen LogP contribution < -0.4 is 0 Å². The van der Waals surface area contributed by atoms with E-state index in [0.717, 1.165) is 11.8 Å². The van der Waals surface area contributed by atoms with Crippen molar-refractivity contribution in [2.24, 2.45) is 0 Å². The molecule has 2 atom stereocenters. The fourth-order valence-corrected chi connectivity index (χ4v) is 3.44. The van der Waals surface area contributed by atoms with E-state index in [4.69, 9.17) is 16.3 Å². The second kappa shape index (κ2) is 5.58. The number of halogens is 2. The van der Waals surface area contributed by atoms with Crippen LogP contribution >= 0.6 is 11.6 Å². The summed E-state index contributed by atoms with van der Waals surface area (Å²) in [5.74, 6) is -0.668. The van der Waals surface area contributed by atoms with E-state index in [-0.39, 0.29) is 23.1 Å². The lowest BCUT2D eigenvalue weighted by Crippen LogP contribution is -2.50. The monoisotopic (exact) mass is 336 g/mol. The minimum Gasteiger partial charge on any atom is -0.370 e. The van der Waals surface area contributed by atoms with Crippen LogP contribution in [0.25, 0.3) is 0 Å². The van der Waals surface area contributed by atoms with E-state index in [1.165, 1.54) is 12.1 Å². The quantitative estimate of drug-likeness (QED) is 0.799. The maximum absolute atomic E-state index is 13.2. The molecular formula is C15H14ClFN4O2. The fraction of sp³-hybridized carbons (Fsp3) is 0.400. The van der Waals surface area contributed by atoms with Crippen LogP contribution in [-0.4, -0.2) is 45.0 Å². The average molecular weight is 337 g/mol. The predicted octanol–water partition coefficient (Wildman–Crippen LogP) is 2.06. The predicted molar refractivity (Wildman–Crippen MR) is 79.6 cm³/mol. The van der Waals surface area contributed by atoms with Gasteiger partial charge in [-0.25, -0.2) is 9.07 Å². The van der Waals surface area contributed by atoms with Gasteiger partial charge < -0.3 is 9.64 Å². The molecule has 0 spiro atoms. The van der Waals surface area contributed by atoms with Gasteiger partial charge in [0.2, 0.25) is 0 Å². The number of amides is 1. The van der Waals surface area contributed by atoms with Crippen molar-refractivity contribution in [3.05, 3.63) is 46.5 Å². The topological polar surface area (TPSA) is 60.3 Å². The smallest absolute Gasteiger partial charge is 0.255 e. The van der Waals surface area contributed by atoms with E-state index >= 15 is 0 Å². The number of carbonyl (C=O) groups excluding carboxylic acids is 1. The molecule has 1 aromatic heterocycles. The van der Waals surface area contributed by atoms with E-state index in [0.29, 0.717) is 31.7 Å². The molecule has 23 heavy (non-hydrogen) atoms. The van der Waals surface area contributed by atoms with Crippen molar-refractivity contribution >= 4 is 17.5 Å². The maximum Gasteiger partial charge on any atom is 0.255 e. The molecule has 4 rings (SSSR count). The molecule has 3 heterocycles. The zero-order chi connectivity index (χ0) is 16.0. The number of likely N-dealkylation sites (tertiary alicyclic amines) is 1. The number of nitrogens with zero attached hydrogens (tertiary/aromatic N) is 4. The number of benzene rings is 1. The minimum absolute atomic E-state index is 0.0249. The van der Waals surface area contributed by atoms with Gasteiger partial charge in [0.25, 0.3) is 5.91 Å². The minimum atomic E-state index is -0.460. The summed E-state index contributed by atoms with van der Waals surface area (Å²) in [5, 5.41) is 8.15. The first-order valence-corrected chi connectivity index (χ1v) is 7.76. The number of rotatable bonds is 1. The van der Waals surface area contributed by atoms with Crippen molar-refractivity contribution in [1.29, 1.82) is 0 Å². The van der Waals surface area contributed by atoms with Crippen LogP contribution in [0, 0.1) is 5.82 Å². The Balaban J connectivity index is 1.59. The van der Waals surface area contributed by atoms with Crippen molar-refractivity contribution < 1.29 is 13.9 Å². The number of ether oxygens (including phenoxy) is 1. The summed E-state index contributed by atoms with van der Waals surface area (Å²) < 4.78 is 20.8. The third-order valence-corrected chi connectivity index (χ3v) is 4.69. The molecule has 2 aromatic rings. The molecular weight excluding hydrogens is 323 g/mol. The van der Waals surface area contributed by atoms with Crippen LogP contribution in [-0.2, 0) is 11.3 Å². The van der Waals surface area contributed by atoms with Crippen LogP contribution in [0.2, 0.25) is 5.02 Å². The molecule has 8 heteroatoms. The van der Waals surface area contributed by atoms with E-state index in [9.17, 15) is 9.18 Å². The molecule has 2 aliphatic heterocycles. The Morgan fingerprint density at radius 1 is 1.43 bits per heavy atom.